The number of fused-ring (bicyclic) bond motifs is 1. The lowest BCUT2D eigenvalue weighted by Crippen LogP contribution is -2.41. The van der Waals surface area contributed by atoms with Crippen molar-refractivity contribution in [1.29, 1.82) is 5.26 Å². The van der Waals surface area contributed by atoms with Crippen molar-refractivity contribution in [2.24, 2.45) is 0 Å². The summed E-state index contributed by atoms with van der Waals surface area (Å²) in [4.78, 5) is 7.86. The number of hydrogen-bond donors (Lipinski definition) is 2. The first-order chi connectivity index (χ1) is 10.2. The number of aromatic nitrogens is 2. The van der Waals surface area contributed by atoms with Crippen molar-refractivity contribution in [2.75, 3.05) is 12.3 Å². The largest absolute Gasteiger partial charge is 0.333 e. The Morgan fingerprint density at radius 1 is 1.43 bits per heavy atom. The van der Waals surface area contributed by atoms with Gasteiger partial charge in [-0.1, -0.05) is 30.8 Å². The van der Waals surface area contributed by atoms with Gasteiger partial charge in [0, 0.05) is 5.75 Å². The average Bonchev–Trinajstić information content (AvgIpc) is 2.92. The maximum Gasteiger partial charge on any atom is 0.166 e. The van der Waals surface area contributed by atoms with E-state index < -0.39 is 5.54 Å². The minimum absolute atomic E-state index is 0.412. The first kappa shape index (κ1) is 15.9. The molecule has 112 valence electrons. The van der Waals surface area contributed by atoms with Crippen molar-refractivity contribution in [3.05, 3.63) is 24.3 Å². The Kier molecular flexibility index (Phi) is 5.66. The lowest BCUT2D eigenvalue weighted by atomic mass is 9.98. The van der Waals surface area contributed by atoms with E-state index in [1.807, 2.05) is 31.2 Å². The second-order valence-electron chi connectivity index (χ2n) is 5.38. The third-order valence-corrected chi connectivity index (χ3v) is 4.40. The van der Waals surface area contributed by atoms with E-state index in [1.165, 1.54) is 0 Å². The average molecular weight is 302 g/mol. The van der Waals surface area contributed by atoms with Gasteiger partial charge in [-0.25, -0.2) is 4.98 Å². The van der Waals surface area contributed by atoms with Gasteiger partial charge in [0.25, 0.3) is 0 Å². The standard InChI is InChI=1S/C16H22N4S/c1-3-10-18-16(2,12-17)9-6-11-21-15-19-13-7-4-5-8-14(13)20-15/h4-5,7-8,18H,3,6,9-11H2,1-2H3,(H,19,20). The van der Waals surface area contributed by atoms with Gasteiger partial charge < -0.3 is 4.98 Å². The topological polar surface area (TPSA) is 64.5 Å². The summed E-state index contributed by atoms with van der Waals surface area (Å²) in [6, 6.07) is 10.4. The summed E-state index contributed by atoms with van der Waals surface area (Å²) in [6.07, 6.45) is 2.89. The lowest BCUT2D eigenvalue weighted by molar-refractivity contribution is 0.415. The fourth-order valence-corrected chi connectivity index (χ4v) is 3.00. The van der Waals surface area contributed by atoms with E-state index in [0.717, 1.165) is 47.7 Å². The molecule has 0 saturated heterocycles. The van der Waals surface area contributed by atoms with Gasteiger partial charge in [-0.2, -0.15) is 5.26 Å². The van der Waals surface area contributed by atoms with Gasteiger partial charge in [-0.3, -0.25) is 5.32 Å². The number of H-pyrrole nitrogens is 1. The fraction of sp³-hybridized carbons (Fsp3) is 0.500. The maximum absolute atomic E-state index is 9.29. The Hall–Kier alpha value is -1.51. The maximum atomic E-state index is 9.29. The predicted molar refractivity (Wildman–Crippen MR) is 88.4 cm³/mol. The smallest absolute Gasteiger partial charge is 0.166 e. The van der Waals surface area contributed by atoms with E-state index in [9.17, 15) is 5.26 Å². The zero-order valence-corrected chi connectivity index (χ0v) is 13.5. The molecular weight excluding hydrogens is 280 g/mol. The summed E-state index contributed by atoms with van der Waals surface area (Å²) in [5.41, 5.74) is 1.67. The second-order valence-corrected chi connectivity index (χ2v) is 6.47. The van der Waals surface area contributed by atoms with E-state index in [4.69, 9.17) is 0 Å². The molecule has 21 heavy (non-hydrogen) atoms. The molecule has 2 N–H and O–H groups in total. The van der Waals surface area contributed by atoms with Crippen LogP contribution in [0.5, 0.6) is 0 Å². The molecule has 0 saturated carbocycles. The van der Waals surface area contributed by atoms with Gasteiger partial charge in [0.05, 0.1) is 17.1 Å². The van der Waals surface area contributed by atoms with Crippen LogP contribution in [-0.4, -0.2) is 27.8 Å². The van der Waals surface area contributed by atoms with E-state index in [1.54, 1.807) is 11.8 Å². The first-order valence-electron chi connectivity index (χ1n) is 7.41. The van der Waals surface area contributed by atoms with Crippen LogP contribution >= 0.6 is 11.8 Å². The number of thioether (sulfide) groups is 1. The molecule has 1 aromatic heterocycles. The number of benzene rings is 1. The van der Waals surface area contributed by atoms with E-state index >= 15 is 0 Å². The number of rotatable bonds is 8. The number of imidazole rings is 1. The molecule has 0 radical (unpaired) electrons. The highest BCUT2D eigenvalue weighted by Gasteiger charge is 2.21. The number of hydrogen-bond acceptors (Lipinski definition) is 4. The normalized spacial score (nSPS) is 14.0. The Labute approximate surface area is 130 Å². The van der Waals surface area contributed by atoms with Crippen molar-refractivity contribution >= 4 is 22.8 Å². The van der Waals surface area contributed by atoms with Crippen LogP contribution in [-0.2, 0) is 0 Å². The summed E-state index contributed by atoms with van der Waals surface area (Å²) < 4.78 is 0. The van der Waals surface area contributed by atoms with Crippen molar-refractivity contribution in [3.8, 4) is 6.07 Å². The van der Waals surface area contributed by atoms with Crippen LogP contribution < -0.4 is 5.32 Å². The fourth-order valence-electron chi connectivity index (χ4n) is 2.18. The molecule has 0 spiro atoms. The molecule has 2 rings (SSSR count). The van der Waals surface area contributed by atoms with Crippen molar-refractivity contribution in [2.45, 2.75) is 43.8 Å². The second kappa shape index (κ2) is 7.48. The van der Waals surface area contributed by atoms with Crippen LogP contribution in [0.1, 0.15) is 33.1 Å². The third-order valence-electron chi connectivity index (χ3n) is 3.44. The van der Waals surface area contributed by atoms with Crippen molar-refractivity contribution in [3.63, 3.8) is 0 Å². The van der Waals surface area contributed by atoms with Gasteiger partial charge in [0.15, 0.2) is 5.16 Å². The van der Waals surface area contributed by atoms with Crippen LogP contribution in [0, 0.1) is 11.3 Å². The van der Waals surface area contributed by atoms with Gasteiger partial charge >= 0.3 is 0 Å². The zero-order chi connectivity index (χ0) is 15.1. The van der Waals surface area contributed by atoms with E-state index in [-0.39, 0.29) is 0 Å². The molecule has 5 heteroatoms. The molecule has 2 aromatic rings. The van der Waals surface area contributed by atoms with Gasteiger partial charge in [0.1, 0.15) is 5.54 Å². The van der Waals surface area contributed by atoms with Crippen LogP contribution in [0.2, 0.25) is 0 Å². The molecule has 0 aliphatic carbocycles. The van der Waals surface area contributed by atoms with Crippen molar-refractivity contribution in [1.82, 2.24) is 15.3 Å². The van der Waals surface area contributed by atoms with Crippen LogP contribution in [0.25, 0.3) is 11.0 Å². The molecule has 1 atom stereocenters. The predicted octanol–water partition coefficient (Wildman–Crippen LogP) is 3.72. The molecule has 1 aromatic carbocycles. The number of nitriles is 1. The number of aromatic amines is 1. The van der Waals surface area contributed by atoms with Crippen LogP contribution in [0.3, 0.4) is 0 Å². The third kappa shape index (κ3) is 4.48. The number of nitrogens with zero attached hydrogens (tertiary/aromatic N) is 2. The van der Waals surface area contributed by atoms with Gasteiger partial charge in [0.2, 0.25) is 0 Å². The summed E-state index contributed by atoms with van der Waals surface area (Å²) in [5.74, 6) is 0.963. The molecule has 0 amide bonds. The van der Waals surface area contributed by atoms with Gasteiger partial charge in [-0.15, -0.1) is 0 Å². The summed E-state index contributed by atoms with van der Waals surface area (Å²) in [7, 11) is 0. The molecule has 1 heterocycles. The minimum Gasteiger partial charge on any atom is -0.333 e. The summed E-state index contributed by atoms with van der Waals surface area (Å²) in [5, 5.41) is 13.6. The van der Waals surface area contributed by atoms with Gasteiger partial charge in [-0.05, 0) is 44.9 Å². The Balaban J connectivity index is 1.80. The molecule has 1 unspecified atom stereocenters. The molecule has 0 fully saturated rings. The summed E-state index contributed by atoms with van der Waals surface area (Å²) >= 11 is 1.72. The highest BCUT2D eigenvalue weighted by atomic mass is 32.2. The first-order valence-corrected chi connectivity index (χ1v) is 8.39. The molecule has 0 aliphatic rings. The zero-order valence-electron chi connectivity index (χ0n) is 12.6. The number of nitrogens with one attached hydrogen (secondary N) is 2. The lowest BCUT2D eigenvalue weighted by Gasteiger charge is -2.22. The highest BCUT2D eigenvalue weighted by Crippen LogP contribution is 2.21. The minimum atomic E-state index is -0.412. The Bertz CT molecular complexity index is 583. The van der Waals surface area contributed by atoms with E-state index in [2.05, 4.69) is 28.3 Å². The molecule has 0 bridgehead atoms. The monoisotopic (exact) mass is 302 g/mol. The molecule has 4 nitrogen and oxygen atoms in total. The summed E-state index contributed by atoms with van der Waals surface area (Å²) in [6.45, 7) is 4.98. The van der Waals surface area contributed by atoms with Crippen LogP contribution in [0.15, 0.2) is 29.4 Å². The number of para-hydroxylation sites is 2. The van der Waals surface area contributed by atoms with E-state index in [0.29, 0.717) is 0 Å². The van der Waals surface area contributed by atoms with Crippen molar-refractivity contribution < 1.29 is 0 Å². The Morgan fingerprint density at radius 2 is 2.24 bits per heavy atom. The molecule has 0 aliphatic heterocycles. The quantitative estimate of drug-likeness (QED) is 0.576. The molecular formula is C16H22N4S. The highest BCUT2D eigenvalue weighted by molar-refractivity contribution is 7.99. The van der Waals surface area contributed by atoms with Crippen LogP contribution in [0.4, 0.5) is 0 Å². The Morgan fingerprint density at radius 3 is 2.95 bits per heavy atom. The SMILES string of the molecule is CCCNC(C)(C#N)CCCSc1nc2ccccc2[nH]1.